The summed E-state index contributed by atoms with van der Waals surface area (Å²) in [6.45, 7) is 7.54. The predicted octanol–water partition coefficient (Wildman–Crippen LogP) is 4.89. The van der Waals surface area contributed by atoms with E-state index in [9.17, 15) is 14.7 Å². The van der Waals surface area contributed by atoms with E-state index in [1.807, 2.05) is 51.1 Å². The molecule has 2 aromatic carbocycles. The van der Waals surface area contributed by atoms with Crippen LogP contribution in [0.1, 0.15) is 29.2 Å². The van der Waals surface area contributed by atoms with Gasteiger partial charge in [-0.25, -0.2) is 0 Å². The Morgan fingerprint density at radius 2 is 1.69 bits per heavy atom. The van der Waals surface area contributed by atoms with Crippen LogP contribution < -0.4 is 5.32 Å². The van der Waals surface area contributed by atoms with Crippen molar-refractivity contribution in [2.24, 2.45) is 11.8 Å². The van der Waals surface area contributed by atoms with Crippen molar-refractivity contribution in [3.63, 3.8) is 0 Å². The Kier molecular flexibility index (Phi) is 6.59. The first kappa shape index (κ1) is 20.2. The minimum atomic E-state index is -0.973. The maximum atomic E-state index is 12.8. The summed E-state index contributed by atoms with van der Waals surface area (Å²) >= 11 is 3.45. The molecule has 2 atom stereocenters. The second-order valence-electron chi connectivity index (χ2n) is 6.89. The highest BCUT2D eigenvalue weighted by atomic mass is 79.9. The van der Waals surface area contributed by atoms with Crippen molar-refractivity contribution >= 4 is 33.5 Å². The normalized spacial score (nSPS) is 13.1. The van der Waals surface area contributed by atoms with E-state index in [1.165, 1.54) is 0 Å². The number of hydrogen-bond donors (Lipinski definition) is 2. The molecule has 138 valence electrons. The highest BCUT2D eigenvalue weighted by Crippen LogP contribution is 2.24. The molecule has 2 rings (SSSR count). The van der Waals surface area contributed by atoms with Crippen LogP contribution in [0.15, 0.2) is 40.9 Å². The van der Waals surface area contributed by atoms with Crippen LogP contribution in [0.5, 0.6) is 0 Å². The molecule has 2 aromatic rings. The Hall–Kier alpha value is -2.14. The minimum absolute atomic E-state index is 0.283. The Morgan fingerprint density at radius 3 is 2.23 bits per heavy atom. The summed E-state index contributed by atoms with van der Waals surface area (Å²) < 4.78 is 0.896. The third-order valence-electron chi connectivity index (χ3n) is 4.51. The molecule has 0 spiro atoms. The van der Waals surface area contributed by atoms with Crippen LogP contribution in [-0.2, 0) is 16.0 Å². The Morgan fingerprint density at radius 1 is 1.08 bits per heavy atom. The lowest BCUT2D eigenvalue weighted by Crippen LogP contribution is -2.33. The molecule has 0 aromatic heterocycles. The molecule has 0 saturated heterocycles. The van der Waals surface area contributed by atoms with Gasteiger partial charge in [0.15, 0.2) is 0 Å². The summed E-state index contributed by atoms with van der Waals surface area (Å²) in [5, 5.41) is 12.3. The summed E-state index contributed by atoms with van der Waals surface area (Å²) in [5.74, 6) is -2.70. The van der Waals surface area contributed by atoms with Crippen LogP contribution in [0, 0.1) is 32.6 Å². The Balaban J connectivity index is 2.26. The van der Waals surface area contributed by atoms with Crippen LogP contribution in [0.4, 0.5) is 5.69 Å². The van der Waals surface area contributed by atoms with E-state index in [2.05, 4.69) is 27.3 Å². The van der Waals surface area contributed by atoms with Gasteiger partial charge in [-0.2, -0.15) is 0 Å². The minimum Gasteiger partial charge on any atom is -0.481 e. The summed E-state index contributed by atoms with van der Waals surface area (Å²) in [6.07, 6.45) is 0.384. The number of carbonyl (C=O) groups is 2. The molecule has 0 aliphatic rings. The largest absolute Gasteiger partial charge is 0.481 e. The summed E-state index contributed by atoms with van der Waals surface area (Å²) in [7, 11) is 0. The maximum Gasteiger partial charge on any atom is 0.307 e. The molecule has 0 saturated carbocycles. The maximum absolute atomic E-state index is 12.8. The number of benzene rings is 2. The second kappa shape index (κ2) is 8.49. The van der Waals surface area contributed by atoms with Crippen LogP contribution in [-0.4, -0.2) is 17.0 Å². The highest BCUT2D eigenvalue weighted by molar-refractivity contribution is 9.10. The lowest BCUT2D eigenvalue weighted by molar-refractivity contribution is -0.145. The van der Waals surface area contributed by atoms with Crippen LogP contribution in [0.3, 0.4) is 0 Å². The lowest BCUT2D eigenvalue weighted by Gasteiger charge is -2.21. The van der Waals surface area contributed by atoms with Gasteiger partial charge in [-0.3, -0.25) is 9.59 Å². The van der Waals surface area contributed by atoms with Crippen molar-refractivity contribution in [1.82, 2.24) is 0 Å². The number of anilines is 1. The number of nitrogens with one attached hydrogen (secondary N) is 1. The second-order valence-corrected chi connectivity index (χ2v) is 7.74. The first-order valence-corrected chi connectivity index (χ1v) is 9.33. The fraction of sp³-hybridized carbons (Fsp3) is 0.333. The van der Waals surface area contributed by atoms with Gasteiger partial charge in [0.2, 0.25) is 5.91 Å². The first-order chi connectivity index (χ1) is 12.2. The standard InChI is InChI=1S/C21H24BrNO3/c1-12-7-13(2)9-16(8-12)10-18(15(4)21(25)26)20(24)23-17-6-5-14(3)19(22)11-17/h5-9,11,15,18H,10H2,1-4H3,(H,23,24)(H,25,26)/t15-,18+/m1/s1. The van der Waals surface area contributed by atoms with Gasteiger partial charge in [0.1, 0.15) is 0 Å². The van der Waals surface area contributed by atoms with Gasteiger partial charge in [-0.05, 0) is 50.5 Å². The molecule has 0 fully saturated rings. The Labute approximate surface area is 162 Å². The van der Waals surface area contributed by atoms with Gasteiger partial charge in [-0.15, -0.1) is 0 Å². The molecular weight excluding hydrogens is 394 g/mol. The SMILES string of the molecule is Cc1cc(C)cc(C[C@H](C(=O)Nc2ccc(C)c(Br)c2)[C@@H](C)C(=O)O)c1. The molecular formula is C21H24BrNO3. The number of carboxylic acid groups (broad SMARTS) is 1. The number of carboxylic acids is 1. The first-order valence-electron chi connectivity index (χ1n) is 8.54. The molecule has 0 heterocycles. The van der Waals surface area contributed by atoms with E-state index < -0.39 is 17.8 Å². The number of carbonyl (C=O) groups excluding carboxylic acids is 1. The van der Waals surface area contributed by atoms with Crippen molar-refractivity contribution in [3.05, 3.63) is 63.1 Å². The van der Waals surface area contributed by atoms with Gasteiger partial charge in [-0.1, -0.05) is 58.2 Å². The monoisotopic (exact) mass is 417 g/mol. The van der Waals surface area contributed by atoms with E-state index in [-0.39, 0.29) is 5.91 Å². The third-order valence-corrected chi connectivity index (χ3v) is 5.36. The predicted molar refractivity (Wildman–Crippen MR) is 107 cm³/mol. The zero-order chi connectivity index (χ0) is 19.4. The number of amides is 1. The van der Waals surface area contributed by atoms with Crippen molar-refractivity contribution in [2.45, 2.75) is 34.1 Å². The quantitative estimate of drug-likeness (QED) is 0.702. The average Bonchev–Trinajstić information content (AvgIpc) is 2.54. The fourth-order valence-electron chi connectivity index (χ4n) is 3.01. The van der Waals surface area contributed by atoms with Crippen molar-refractivity contribution < 1.29 is 14.7 Å². The van der Waals surface area contributed by atoms with E-state index in [1.54, 1.807) is 6.92 Å². The molecule has 0 radical (unpaired) electrons. The zero-order valence-corrected chi connectivity index (χ0v) is 17.1. The summed E-state index contributed by atoms with van der Waals surface area (Å²) in [6, 6.07) is 11.6. The number of aliphatic carboxylic acids is 1. The van der Waals surface area contributed by atoms with Crippen molar-refractivity contribution in [2.75, 3.05) is 5.32 Å². The molecule has 0 aliphatic carbocycles. The van der Waals surface area contributed by atoms with Gasteiger partial charge in [0.05, 0.1) is 11.8 Å². The van der Waals surface area contributed by atoms with Crippen LogP contribution in [0.25, 0.3) is 0 Å². The number of hydrogen-bond acceptors (Lipinski definition) is 2. The van der Waals surface area contributed by atoms with Crippen LogP contribution in [0.2, 0.25) is 0 Å². The van der Waals surface area contributed by atoms with E-state index in [4.69, 9.17) is 0 Å². The topological polar surface area (TPSA) is 66.4 Å². The van der Waals surface area contributed by atoms with Crippen molar-refractivity contribution in [1.29, 1.82) is 0 Å². The molecule has 2 N–H and O–H groups in total. The smallest absolute Gasteiger partial charge is 0.307 e. The van der Waals surface area contributed by atoms with Gasteiger partial charge in [0.25, 0.3) is 0 Å². The number of rotatable bonds is 6. The van der Waals surface area contributed by atoms with Gasteiger partial charge >= 0.3 is 5.97 Å². The summed E-state index contributed by atoms with van der Waals surface area (Å²) in [5.41, 5.74) is 4.89. The van der Waals surface area contributed by atoms with Gasteiger partial charge in [0, 0.05) is 10.2 Å². The van der Waals surface area contributed by atoms with Gasteiger partial charge < -0.3 is 10.4 Å². The molecule has 1 amide bonds. The lowest BCUT2D eigenvalue weighted by atomic mass is 9.86. The molecule has 5 heteroatoms. The number of aryl methyl sites for hydroxylation is 3. The fourth-order valence-corrected chi connectivity index (χ4v) is 3.39. The molecule has 26 heavy (non-hydrogen) atoms. The highest BCUT2D eigenvalue weighted by Gasteiger charge is 2.30. The van der Waals surface area contributed by atoms with E-state index in [0.717, 1.165) is 26.7 Å². The Bertz CT molecular complexity index is 812. The average molecular weight is 418 g/mol. The zero-order valence-electron chi connectivity index (χ0n) is 15.5. The molecule has 0 unspecified atom stereocenters. The molecule has 0 aliphatic heterocycles. The molecule has 4 nitrogen and oxygen atoms in total. The van der Waals surface area contributed by atoms with E-state index >= 15 is 0 Å². The number of halogens is 1. The van der Waals surface area contributed by atoms with Crippen molar-refractivity contribution in [3.8, 4) is 0 Å². The van der Waals surface area contributed by atoms with E-state index in [0.29, 0.717) is 12.1 Å². The molecule has 0 bridgehead atoms. The summed E-state index contributed by atoms with van der Waals surface area (Å²) in [4.78, 5) is 24.4. The van der Waals surface area contributed by atoms with Crippen LogP contribution >= 0.6 is 15.9 Å². The third kappa shape index (κ3) is 5.18.